The number of carbonyl (C=O) groups excluding carboxylic acids is 1. The average molecular weight is 292 g/mol. The second kappa shape index (κ2) is 6.07. The molecule has 106 valence electrons. The maximum atomic E-state index is 12.8. The molecule has 0 radical (unpaired) electrons. The van der Waals surface area contributed by atoms with Gasteiger partial charge in [-0.25, -0.2) is 17.3 Å². The minimum Gasteiger partial charge on any atom is -0.483 e. The van der Waals surface area contributed by atoms with E-state index in [1.807, 2.05) is 0 Å². The lowest BCUT2D eigenvalue weighted by Gasteiger charge is -2.11. The van der Waals surface area contributed by atoms with Gasteiger partial charge in [-0.15, -0.1) is 4.36 Å². The van der Waals surface area contributed by atoms with Crippen LogP contribution in [0.5, 0.6) is 5.75 Å². The van der Waals surface area contributed by atoms with E-state index in [1.54, 1.807) is 0 Å². The number of hydrogen-bond acceptors (Lipinski definition) is 3. The van der Waals surface area contributed by atoms with E-state index in [2.05, 4.69) is 4.36 Å². The Hall–Kier alpha value is -1.54. The summed E-state index contributed by atoms with van der Waals surface area (Å²) >= 11 is 0. The third kappa shape index (κ3) is 4.92. The molecule has 0 aliphatic rings. The lowest BCUT2D eigenvalue weighted by Crippen LogP contribution is -2.23. The van der Waals surface area contributed by atoms with Gasteiger partial charge in [-0.05, 0) is 0 Å². The number of benzene rings is 1. The van der Waals surface area contributed by atoms with Gasteiger partial charge in [-0.1, -0.05) is 0 Å². The first-order chi connectivity index (χ1) is 8.70. The van der Waals surface area contributed by atoms with Crippen molar-refractivity contribution in [3.05, 3.63) is 29.8 Å². The van der Waals surface area contributed by atoms with Crippen LogP contribution in [0.4, 0.5) is 8.78 Å². The van der Waals surface area contributed by atoms with Gasteiger partial charge in [0.15, 0.2) is 6.61 Å². The van der Waals surface area contributed by atoms with Crippen molar-refractivity contribution >= 4 is 15.8 Å². The number of halogens is 2. The Bertz CT molecular complexity index is 575. The van der Waals surface area contributed by atoms with Gasteiger partial charge in [0.2, 0.25) is 0 Å². The zero-order valence-corrected chi connectivity index (χ0v) is 11.5. The van der Waals surface area contributed by atoms with Crippen LogP contribution in [-0.2, 0) is 14.7 Å². The van der Waals surface area contributed by atoms with Crippen LogP contribution in [0.15, 0.2) is 22.6 Å². The van der Waals surface area contributed by atoms with Crippen molar-refractivity contribution in [2.45, 2.75) is 0 Å². The molecule has 0 fully saturated rings. The van der Waals surface area contributed by atoms with Crippen LogP contribution < -0.4 is 4.74 Å². The molecule has 1 atom stereocenters. The van der Waals surface area contributed by atoms with Crippen LogP contribution in [0.3, 0.4) is 0 Å². The van der Waals surface area contributed by atoms with Crippen molar-refractivity contribution in [3.63, 3.8) is 0 Å². The fourth-order valence-corrected chi connectivity index (χ4v) is 1.65. The fourth-order valence-electron chi connectivity index (χ4n) is 1.05. The van der Waals surface area contributed by atoms with Gasteiger partial charge in [0.05, 0.1) is 0 Å². The zero-order chi connectivity index (χ0) is 14.6. The monoisotopic (exact) mass is 292 g/mol. The van der Waals surface area contributed by atoms with Gasteiger partial charge >= 0.3 is 0 Å². The Morgan fingerprint density at radius 1 is 1.32 bits per heavy atom. The van der Waals surface area contributed by atoms with Crippen LogP contribution in [0.2, 0.25) is 0 Å². The standard InChI is InChI=1S/C11H14F2N2O3S/c1-15(2)19(3,17)14-11(16)7-18-10-5-8(12)4-9(13)6-10/h4-6H,7H2,1-3H3. The molecule has 0 N–H and O–H groups in total. The zero-order valence-electron chi connectivity index (χ0n) is 10.7. The fraction of sp³-hybridized carbons (Fsp3) is 0.364. The molecule has 0 spiro atoms. The number of rotatable bonds is 4. The molecule has 1 aromatic carbocycles. The van der Waals surface area contributed by atoms with E-state index in [0.29, 0.717) is 6.07 Å². The lowest BCUT2D eigenvalue weighted by molar-refractivity contribution is -0.119. The van der Waals surface area contributed by atoms with E-state index < -0.39 is 34.1 Å². The second-order valence-electron chi connectivity index (χ2n) is 3.95. The van der Waals surface area contributed by atoms with E-state index in [4.69, 9.17) is 4.74 Å². The molecule has 0 aliphatic heterocycles. The minimum absolute atomic E-state index is 0.131. The lowest BCUT2D eigenvalue weighted by atomic mass is 10.3. The highest BCUT2D eigenvalue weighted by atomic mass is 32.2. The average Bonchev–Trinajstić information content (AvgIpc) is 2.24. The molecule has 1 aromatic rings. The molecule has 8 heteroatoms. The molecule has 0 bridgehead atoms. The number of nitrogens with zero attached hydrogens (tertiary/aromatic N) is 2. The van der Waals surface area contributed by atoms with E-state index in [0.717, 1.165) is 12.1 Å². The molecule has 0 heterocycles. The first-order valence-electron chi connectivity index (χ1n) is 5.22. The molecule has 1 rings (SSSR count). The van der Waals surface area contributed by atoms with E-state index >= 15 is 0 Å². The molecule has 0 aliphatic carbocycles. The van der Waals surface area contributed by atoms with Gasteiger partial charge < -0.3 is 4.74 Å². The summed E-state index contributed by atoms with van der Waals surface area (Å²) < 4.78 is 47.1. The normalized spacial score (nSPS) is 14.0. The van der Waals surface area contributed by atoms with Gasteiger partial charge in [-0.2, -0.15) is 0 Å². The van der Waals surface area contributed by atoms with Crippen molar-refractivity contribution in [1.29, 1.82) is 0 Å². The quantitative estimate of drug-likeness (QED) is 0.844. The Kier molecular flexibility index (Phi) is 4.96. The van der Waals surface area contributed by atoms with Crippen molar-refractivity contribution in [3.8, 4) is 5.75 Å². The summed E-state index contributed by atoms with van der Waals surface area (Å²) in [5, 5.41) is 0. The Labute approximate surface area is 110 Å². The molecule has 5 nitrogen and oxygen atoms in total. The van der Waals surface area contributed by atoms with Gasteiger partial charge in [0, 0.05) is 38.6 Å². The van der Waals surface area contributed by atoms with Crippen LogP contribution in [-0.4, -0.2) is 41.4 Å². The minimum atomic E-state index is -2.79. The summed E-state index contributed by atoms with van der Waals surface area (Å²) in [6, 6.07) is 2.56. The molecule has 1 amide bonds. The predicted octanol–water partition coefficient (Wildman–Crippen LogP) is 1.44. The smallest absolute Gasteiger partial charge is 0.292 e. The molecule has 0 saturated heterocycles. The second-order valence-corrected chi connectivity index (χ2v) is 6.39. The Balaban J connectivity index is 2.73. The topological polar surface area (TPSA) is 59.0 Å². The van der Waals surface area contributed by atoms with Crippen molar-refractivity contribution in [1.82, 2.24) is 4.31 Å². The van der Waals surface area contributed by atoms with Crippen molar-refractivity contribution in [2.24, 2.45) is 4.36 Å². The number of hydrogen-bond donors (Lipinski definition) is 0. The molecule has 1 unspecified atom stereocenters. The first kappa shape index (κ1) is 15.5. The molecule has 19 heavy (non-hydrogen) atoms. The van der Waals surface area contributed by atoms with Crippen molar-refractivity contribution < 1.29 is 22.5 Å². The summed E-state index contributed by atoms with van der Waals surface area (Å²) in [5.41, 5.74) is 0. The summed E-state index contributed by atoms with van der Waals surface area (Å²) in [6.07, 6.45) is 1.30. The SMILES string of the molecule is CN(C)S(C)(=O)=NC(=O)COc1cc(F)cc(F)c1. The van der Waals surface area contributed by atoms with E-state index in [-0.39, 0.29) is 5.75 Å². The molecular formula is C11H14F2N2O3S. The largest absolute Gasteiger partial charge is 0.483 e. The highest BCUT2D eigenvalue weighted by molar-refractivity contribution is 7.90. The molecule has 0 saturated carbocycles. The van der Waals surface area contributed by atoms with Crippen LogP contribution >= 0.6 is 0 Å². The maximum absolute atomic E-state index is 12.8. The van der Waals surface area contributed by atoms with Gasteiger partial charge in [-0.3, -0.25) is 4.79 Å². The number of ether oxygens (including phenoxy) is 1. The van der Waals surface area contributed by atoms with Crippen LogP contribution in [0.25, 0.3) is 0 Å². The predicted molar refractivity (Wildman–Crippen MR) is 67.0 cm³/mol. The van der Waals surface area contributed by atoms with Gasteiger partial charge in [0.25, 0.3) is 5.91 Å². The highest BCUT2D eigenvalue weighted by Gasteiger charge is 2.10. The summed E-state index contributed by atoms with van der Waals surface area (Å²) in [5.74, 6) is -2.53. The summed E-state index contributed by atoms with van der Waals surface area (Å²) in [7, 11) is 0.244. The Morgan fingerprint density at radius 3 is 2.32 bits per heavy atom. The number of carbonyl (C=O) groups is 1. The van der Waals surface area contributed by atoms with Crippen LogP contribution in [0.1, 0.15) is 0 Å². The van der Waals surface area contributed by atoms with Gasteiger partial charge in [0.1, 0.15) is 27.3 Å². The third-order valence-electron chi connectivity index (χ3n) is 2.15. The molecule has 0 aromatic heterocycles. The van der Waals surface area contributed by atoms with Crippen molar-refractivity contribution in [2.75, 3.05) is 27.0 Å². The number of amides is 1. The maximum Gasteiger partial charge on any atom is 0.292 e. The van der Waals surface area contributed by atoms with E-state index in [1.165, 1.54) is 24.7 Å². The molecular weight excluding hydrogens is 278 g/mol. The van der Waals surface area contributed by atoms with E-state index in [9.17, 15) is 17.8 Å². The third-order valence-corrected chi connectivity index (χ3v) is 4.04. The first-order valence-corrected chi connectivity index (χ1v) is 7.10. The highest BCUT2D eigenvalue weighted by Crippen LogP contribution is 2.15. The Morgan fingerprint density at radius 2 is 1.84 bits per heavy atom. The van der Waals surface area contributed by atoms with Crippen LogP contribution in [0, 0.1) is 11.6 Å². The summed E-state index contributed by atoms with van der Waals surface area (Å²) in [4.78, 5) is 11.4. The summed E-state index contributed by atoms with van der Waals surface area (Å²) in [6.45, 7) is -0.540.